The quantitative estimate of drug-likeness (QED) is 0.805. The third-order valence-corrected chi connectivity index (χ3v) is 4.11. The van der Waals surface area contributed by atoms with E-state index >= 15 is 0 Å². The number of benzene rings is 1. The monoisotopic (exact) mass is 275 g/mol. The Hall–Kier alpha value is -1.55. The summed E-state index contributed by atoms with van der Waals surface area (Å²) < 4.78 is 0. The Kier molecular flexibility index (Phi) is 4.65. The number of nitrogen functional groups attached to an aromatic ring is 1. The molecule has 110 valence electrons. The molecule has 1 heterocycles. The van der Waals surface area contributed by atoms with Gasteiger partial charge in [-0.25, -0.2) is 0 Å². The summed E-state index contributed by atoms with van der Waals surface area (Å²) in [4.78, 5) is 14.8. The van der Waals surface area contributed by atoms with E-state index in [2.05, 4.69) is 10.2 Å². The molecule has 1 amide bonds. The maximum Gasteiger partial charge on any atom is 0.230 e. The van der Waals surface area contributed by atoms with Gasteiger partial charge in [0.05, 0.1) is 5.41 Å². The van der Waals surface area contributed by atoms with Crippen molar-refractivity contribution in [3.63, 3.8) is 0 Å². The van der Waals surface area contributed by atoms with Crippen LogP contribution < -0.4 is 11.1 Å². The predicted octanol–water partition coefficient (Wildman–Crippen LogP) is 1.76. The smallest absolute Gasteiger partial charge is 0.230 e. The third-order valence-electron chi connectivity index (χ3n) is 4.11. The molecule has 1 saturated heterocycles. The summed E-state index contributed by atoms with van der Waals surface area (Å²) in [6.07, 6.45) is 2.57. The Labute approximate surface area is 121 Å². The topological polar surface area (TPSA) is 58.4 Å². The van der Waals surface area contributed by atoms with Crippen LogP contribution in [0, 0.1) is 0 Å². The van der Waals surface area contributed by atoms with Gasteiger partial charge in [-0.3, -0.25) is 4.79 Å². The summed E-state index contributed by atoms with van der Waals surface area (Å²) >= 11 is 0. The fourth-order valence-electron chi connectivity index (χ4n) is 2.59. The lowest BCUT2D eigenvalue weighted by molar-refractivity contribution is -0.125. The Balaban J connectivity index is 1.87. The summed E-state index contributed by atoms with van der Waals surface area (Å²) in [5.74, 6) is 0.0708. The summed E-state index contributed by atoms with van der Waals surface area (Å²) in [6.45, 7) is 7.89. The van der Waals surface area contributed by atoms with Crippen LogP contribution in [0.3, 0.4) is 0 Å². The van der Waals surface area contributed by atoms with E-state index in [0.29, 0.717) is 0 Å². The highest BCUT2D eigenvalue weighted by Gasteiger charge is 2.29. The first-order valence-electron chi connectivity index (χ1n) is 7.37. The van der Waals surface area contributed by atoms with Crippen molar-refractivity contribution in [3.8, 4) is 0 Å². The van der Waals surface area contributed by atoms with Crippen molar-refractivity contribution >= 4 is 11.6 Å². The van der Waals surface area contributed by atoms with Gasteiger partial charge in [-0.05, 0) is 57.5 Å². The molecule has 1 aromatic carbocycles. The third kappa shape index (κ3) is 3.51. The van der Waals surface area contributed by atoms with Crippen LogP contribution in [0.1, 0.15) is 32.3 Å². The van der Waals surface area contributed by atoms with Crippen LogP contribution in [0.25, 0.3) is 0 Å². The lowest BCUT2D eigenvalue weighted by atomic mass is 9.83. The van der Waals surface area contributed by atoms with Crippen LogP contribution >= 0.6 is 0 Å². The molecule has 0 atom stereocenters. The first-order chi connectivity index (χ1) is 9.50. The molecule has 20 heavy (non-hydrogen) atoms. The van der Waals surface area contributed by atoms with Crippen molar-refractivity contribution in [1.29, 1.82) is 0 Å². The van der Waals surface area contributed by atoms with Gasteiger partial charge in [0.2, 0.25) is 5.91 Å². The molecule has 0 radical (unpaired) electrons. The number of nitrogens with one attached hydrogen (secondary N) is 1. The first kappa shape index (κ1) is 14.9. The highest BCUT2D eigenvalue weighted by atomic mass is 16.2. The van der Waals surface area contributed by atoms with E-state index in [0.717, 1.165) is 37.4 Å². The summed E-state index contributed by atoms with van der Waals surface area (Å²) in [5.41, 5.74) is 6.87. The lowest BCUT2D eigenvalue weighted by Gasteiger charge is -2.25. The van der Waals surface area contributed by atoms with E-state index in [9.17, 15) is 4.79 Å². The highest BCUT2D eigenvalue weighted by molar-refractivity contribution is 5.87. The molecule has 1 aromatic rings. The number of nitrogens with two attached hydrogens (primary N) is 1. The number of amides is 1. The molecule has 0 spiro atoms. The van der Waals surface area contributed by atoms with E-state index < -0.39 is 5.41 Å². The number of hydrogen-bond donors (Lipinski definition) is 2. The van der Waals surface area contributed by atoms with E-state index in [-0.39, 0.29) is 5.91 Å². The standard InChI is InChI=1S/C16H25N3O/c1-16(2,13-5-7-14(17)8-6-13)15(20)18-9-12-19-10-3-4-11-19/h5-8H,3-4,9-12,17H2,1-2H3,(H,18,20). The molecule has 2 rings (SSSR count). The average molecular weight is 275 g/mol. The molecule has 1 aliphatic heterocycles. The van der Waals surface area contributed by atoms with E-state index in [4.69, 9.17) is 5.73 Å². The lowest BCUT2D eigenvalue weighted by Crippen LogP contribution is -2.43. The molecule has 0 aromatic heterocycles. The molecular formula is C16H25N3O. The minimum absolute atomic E-state index is 0.0708. The minimum atomic E-state index is -0.529. The molecule has 1 fully saturated rings. The maximum atomic E-state index is 12.4. The molecule has 4 nitrogen and oxygen atoms in total. The molecule has 3 N–H and O–H groups in total. The Morgan fingerprint density at radius 1 is 1.25 bits per heavy atom. The molecule has 0 bridgehead atoms. The Morgan fingerprint density at radius 3 is 2.45 bits per heavy atom. The fourth-order valence-corrected chi connectivity index (χ4v) is 2.59. The molecule has 4 heteroatoms. The number of rotatable bonds is 5. The van der Waals surface area contributed by atoms with E-state index in [1.54, 1.807) is 0 Å². The number of likely N-dealkylation sites (tertiary alicyclic amines) is 1. The van der Waals surface area contributed by atoms with Gasteiger partial charge in [-0.2, -0.15) is 0 Å². The zero-order valence-corrected chi connectivity index (χ0v) is 12.5. The molecule has 1 aliphatic rings. The van der Waals surface area contributed by atoms with Crippen LogP contribution in [-0.4, -0.2) is 37.0 Å². The molecule has 0 aliphatic carbocycles. The van der Waals surface area contributed by atoms with Gasteiger partial charge in [0.15, 0.2) is 0 Å². The van der Waals surface area contributed by atoms with Gasteiger partial charge in [0, 0.05) is 18.8 Å². The molecule has 0 unspecified atom stereocenters. The van der Waals surface area contributed by atoms with Crippen molar-refractivity contribution in [2.24, 2.45) is 0 Å². The van der Waals surface area contributed by atoms with Crippen molar-refractivity contribution in [2.75, 3.05) is 31.9 Å². The fraction of sp³-hybridized carbons (Fsp3) is 0.562. The molecule has 0 saturated carbocycles. The van der Waals surface area contributed by atoms with Crippen molar-refractivity contribution in [2.45, 2.75) is 32.1 Å². The predicted molar refractivity (Wildman–Crippen MR) is 82.6 cm³/mol. The first-order valence-corrected chi connectivity index (χ1v) is 7.37. The van der Waals surface area contributed by atoms with Crippen LogP contribution in [0.15, 0.2) is 24.3 Å². The normalized spacial score (nSPS) is 16.3. The Bertz CT molecular complexity index is 447. The van der Waals surface area contributed by atoms with E-state index in [1.165, 1.54) is 12.8 Å². The number of nitrogens with zero attached hydrogens (tertiary/aromatic N) is 1. The van der Waals surface area contributed by atoms with Crippen LogP contribution in [0.5, 0.6) is 0 Å². The Morgan fingerprint density at radius 2 is 1.85 bits per heavy atom. The van der Waals surface area contributed by atoms with Gasteiger partial charge in [0.25, 0.3) is 0 Å². The number of carbonyl (C=O) groups is 1. The zero-order valence-electron chi connectivity index (χ0n) is 12.5. The van der Waals surface area contributed by atoms with Gasteiger partial charge < -0.3 is 16.0 Å². The van der Waals surface area contributed by atoms with E-state index in [1.807, 2.05) is 38.1 Å². The van der Waals surface area contributed by atoms with Crippen LogP contribution in [-0.2, 0) is 10.2 Å². The summed E-state index contributed by atoms with van der Waals surface area (Å²) in [5, 5.41) is 3.05. The minimum Gasteiger partial charge on any atom is -0.399 e. The number of carbonyl (C=O) groups excluding carboxylic acids is 1. The van der Waals surface area contributed by atoms with Gasteiger partial charge >= 0.3 is 0 Å². The number of hydrogen-bond acceptors (Lipinski definition) is 3. The van der Waals surface area contributed by atoms with Crippen LogP contribution in [0.2, 0.25) is 0 Å². The molecular weight excluding hydrogens is 250 g/mol. The van der Waals surface area contributed by atoms with Gasteiger partial charge in [-0.15, -0.1) is 0 Å². The highest BCUT2D eigenvalue weighted by Crippen LogP contribution is 2.24. The van der Waals surface area contributed by atoms with Crippen molar-refractivity contribution < 1.29 is 4.79 Å². The summed E-state index contributed by atoms with van der Waals surface area (Å²) in [7, 11) is 0. The zero-order chi connectivity index (χ0) is 14.6. The van der Waals surface area contributed by atoms with Crippen molar-refractivity contribution in [3.05, 3.63) is 29.8 Å². The average Bonchev–Trinajstić information content (AvgIpc) is 2.92. The van der Waals surface area contributed by atoms with Gasteiger partial charge in [-0.1, -0.05) is 12.1 Å². The van der Waals surface area contributed by atoms with Gasteiger partial charge in [0.1, 0.15) is 0 Å². The second-order valence-corrected chi connectivity index (χ2v) is 6.05. The SMILES string of the molecule is CC(C)(C(=O)NCCN1CCCC1)c1ccc(N)cc1. The van der Waals surface area contributed by atoms with Crippen molar-refractivity contribution in [1.82, 2.24) is 10.2 Å². The second kappa shape index (κ2) is 6.27. The summed E-state index contributed by atoms with van der Waals surface area (Å²) in [6, 6.07) is 7.54. The largest absolute Gasteiger partial charge is 0.399 e. The maximum absolute atomic E-state index is 12.4. The number of anilines is 1. The second-order valence-electron chi connectivity index (χ2n) is 6.05. The van der Waals surface area contributed by atoms with Crippen LogP contribution in [0.4, 0.5) is 5.69 Å².